The summed E-state index contributed by atoms with van der Waals surface area (Å²) in [4.78, 5) is 3.62. The number of anilines is 1. The Kier molecular flexibility index (Phi) is 3.61. The molecule has 2 nitrogen and oxygen atoms in total. The molecule has 0 saturated heterocycles. The van der Waals surface area contributed by atoms with Crippen molar-refractivity contribution < 1.29 is 8.78 Å². The molecule has 1 aromatic heterocycles. The number of aromatic nitrogens is 1. The molecular formula is C9H12F2N2. The average Bonchev–Trinajstić information content (AvgIpc) is 2.15. The molecule has 13 heavy (non-hydrogen) atoms. The normalized spacial score (nSPS) is 10.5. The van der Waals surface area contributed by atoms with Gasteiger partial charge in [0, 0.05) is 6.54 Å². The van der Waals surface area contributed by atoms with Crippen LogP contribution in [0.3, 0.4) is 0 Å². The van der Waals surface area contributed by atoms with E-state index in [1.165, 1.54) is 12.3 Å². The summed E-state index contributed by atoms with van der Waals surface area (Å²) in [6, 6.07) is 2.95. The standard InChI is InChI=1S/C9H12F2N2/c1-2-5-12-7-3-4-8(9(10)11)13-6-7/h3-4,6,9,12H,2,5H2,1H3. The van der Waals surface area contributed by atoms with Gasteiger partial charge in [-0.05, 0) is 18.6 Å². The Morgan fingerprint density at radius 2 is 2.23 bits per heavy atom. The Labute approximate surface area is 76.0 Å². The number of alkyl halides is 2. The lowest BCUT2D eigenvalue weighted by molar-refractivity contribution is 0.146. The number of halogens is 2. The first-order valence-electron chi connectivity index (χ1n) is 4.22. The number of nitrogens with zero attached hydrogens (tertiary/aromatic N) is 1. The molecule has 0 saturated carbocycles. The smallest absolute Gasteiger partial charge is 0.280 e. The van der Waals surface area contributed by atoms with Gasteiger partial charge in [-0.15, -0.1) is 0 Å². The van der Waals surface area contributed by atoms with Gasteiger partial charge in [0.25, 0.3) is 6.43 Å². The van der Waals surface area contributed by atoms with E-state index in [0.717, 1.165) is 18.7 Å². The summed E-state index contributed by atoms with van der Waals surface area (Å²) in [5.41, 5.74) is 0.605. The van der Waals surface area contributed by atoms with Gasteiger partial charge in [-0.1, -0.05) is 6.92 Å². The SMILES string of the molecule is CCCNc1ccc(C(F)F)nc1. The number of hydrogen-bond donors (Lipinski definition) is 1. The molecule has 0 radical (unpaired) electrons. The van der Waals surface area contributed by atoms with Crippen molar-refractivity contribution in [3.8, 4) is 0 Å². The molecule has 0 amide bonds. The monoisotopic (exact) mass is 186 g/mol. The van der Waals surface area contributed by atoms with Crippen LogP contribution in [-0.2, 0) is 0 Å². The quantitative estimate of drug-likeness (QED) is 0.782. The highest BCUT2D eigenvalue weighted by Crippen LogP contribution is 2.17. The fourth-order valence-corrected chi connectivity index (χ4v) is 0.908. The zero-order chi connectivity index (χ0) is 9.68. The van der Waals surface area contributed by atoms with Crippen LogP contribution in [0.4, 0.5) is 14.5 Å². The summed E-state index contributed by atoms with van der Waals surface area (Å²) < 4.78 is 24.1. The summed E-state index contributed by atoms with van der Waals surface area (Å²) >= 11 is 0. The van der Waals surface area contributed by atoms with Crippen LogP contribution in [-0.4, -0.2) is 11.5 Å². The van der Waals surface area contributed by atoms with Gasteiger partial charge >= 0.3 is 0 Å². The van der Waals surface area contributed by atoms with Gasteiger partial charge in [-0.2, -0.15) is 0 Å². The van der Waals surface area contributed by atoms with Crippen molar-refractivity contribution in [3.05, 3.63) is 24.0 Å². The first kappa shape index (κ1) is 9.89. The van der Waals surface area contributed by atoms with Gasteiger partial charge in [0.1, 0.15) is 5.69 Å². The molecule has 0 aliphatic rings. The van der Waals surface area contributed by atoms with Crippen LogP contribution in [0.25, 0.3) is 0 Å². The second-order valence-electron chi connectivity index (χ2n) is 2.70. The molecule has 0 bridgehead atoms. The predicted octanol–water partition coefficient (Wildman–Crippen LogP) is 2.84. The highest BCUT2D eigenvalue weighted by Gasteiger charge is 2.06. The van der Waals surface area contributed by atoms with Gasteiger partial charge in [0.2, 0.25) is 0 Å². The summed E-state index contributed by atoms with van der Waals surface area (Å²) in [5.74, 6) is 0. The molecule has 0 aliphatic heterocycles. The van der Waals surface area contributed by atoms with Crippen LogP contribution >= 0.6 is 0 Å². The van der Waals surface area contributed by atoms with E-state index in [0.29, 0.717) is 0 Å². The Bertz CT molecular complexity index is 246. The molecule has 0 aromatic carbocycles. The van der Waals surface area contributed by atoms with E-state index in [2.05, 4.69) is 10.3 Å². The molecule has 1 N–H and O–H groups in total. The van der Waals surface area contributed by atoms with Crippen LogP contribution in [0.15, 0.2) is 18.3 Å². The molecule has 72 valence electrons. The maximum absolute atomic E-state index is 12.1. The minimum absolute atomic E-state index is 0.179. The topological polar surface area (TPSA) is 24.9 Å². The summed E-state index contributed by atoms with van der Waals surface area (Å²) in [6.45, 7) is 2.86. The maximum atomic E-state index is 12.1. The van der Waals surface area contributed by atoms with Gasteiger partial charge in [-0.3, -0.25) is 4.98 Å². The van der Waals surface area contributed by atoms with E-state index >= 15 is 0 Å². The third kappa shape index (κ3) is 2.97. The first-order chi connectivity index (χ1) is 6.24. The highest BCUT2D eigenvalue weighted by atomic mass is 19.3. The van der Waals surface area contributed by atoms with E-state index in [1.54, 1.807) is 6.07 Å². The second kappa shape index (κ2) is 4.74. The van der Waals surface area contributed by atoms with Crippen LogP contribution in [0, 0.1) is 0 Å². The largest absolute Gasteiger partial charge is 0.384 e. The van der Waals surface area contributed by atoms with Gasteiger partial charge in [0.05, 0.1) is 11.9 Å². The fraction of sp³-hybridized carbons (Fsp3) is 0.444. The lowest BCUT2D eigenvalue weighted by Gasteiger charge is -2.04. The average molecular weight is 186 g/mol. The molecule has 4 heteroatoms. The van der Waals surface area contributed by atoms with Gasteiger partial charge in [0.15, 0.2) is 0 Å². The molecule has 0 unspecified atom stereocenters. The van der Waals surface area contributed by atoms with Crippen LogP contribution in [0.1, 0.15) is 25.5 Å². The predicted molar refractivity (Wildman–Crippen MR) is 48.0 cm³/mol. The molecule has 0 fully saturated rings. The number of nitrogens with one attached hydrogen (secondary N) is 1. The lowest BCUT2D eigenvalue weighted by Crippen LogP contribution is -2.00. The number of hydrogen-bond acceptors (Lipinski definition) is 2. The van der Waals surface area contributed by atoms with E-state index < -0.39 is 6.43 Å². The van der Waals surface area contributed by atoms with Crippen LogP contribution in [0.2, 0.25) is 0 Å². The second-order valence-corrected chi connectivity index (χ2v) is 2.70. The molecule has 1 aromatic rings. The van der Waals surface area contributed by atoms with Crippen molar-refractivity contribution in [2.24, 2.45) is 0 Å². The van der Waals surface area contributed by atoms with Crippen molar-refractivity contribution in [2.45, 2.75) is 19.8 Å². The molecule has 0 aliphatic carbocycles. The summed E-state index contributed by atoms with van der Waals surface area (Å²) in [7, 11) is 0. The molecular weight excluding hydrogens is 174 g/mol. The minimum Gasteiger partial charge on any atom is -0.384 e. The first-order valence-corrected chi connectivity index (χ1v) is 4.22. The van der Waals surface area contributed by atoms with Crippen molar-refractivity contribution in [3.63, 3.8) is 0 Å². The minimum atomic E-state index is -2.49. The summed E-state index contributed by atoms with van der Waals surface area (Å²) in [6.07, 6.45) is -0.0615. The zero-order valence-electron chi connectivity index (χ0n) is 7.43. The van der Waals surface area contributed by atoms with Crippen LogP contribution < -0.4 is 5.32 Å². The highest BCUT2D eigenvalue weighted by molar-refractivity contribution is 5.40. The van der Waals surface area contributed by atoms with Gasteiger partial charge in [-0.25, -0.2) is 8.78 Å². The van der Waals surface area contributed by atoms with Crippen molar-refractivity contribution in [1.29, 1.82) is 0 Å². The van der Waals surface area contributed by atoms with Gasteiger partial charge < -0.3 is 5.32 Å². The Morgan fingerprint density at radius 3 is 2.69 bits per heavy atom. The summed E-state index contributed by atoms with van der Waals surface area (Å²) in [5, 5.41) is 3.05. The van der Waals surface area contributed by atoms with E-state index in [-0.39, 0.29) is 5.69 Å². The number of pyridine rings is 1. The zero-order valence-corrected chi connectivity index (χ0v) is 7.43. The third-order valence-electron chi connectivity index (χ3n) is 1.59. The van der Waals surface area contributed by atoms with Crippen molar-refractivity contribution in [1.82, 2.24) is 4.98 Å². The van der Waals surface area contributed by atoms with E-state index in [9.17, 15) is 8.78 Å². The molecule has 1 heterocycles. The van der Waals surface area contributed by atoms with E-state index in [1.807, 2.05) is 6.92 Å². The Hall–Kier alpha value is -1.19. The maximum Gasteiger partial charge on any atom is 0.280 e. The van der Waals surface area contributed by atoms with Crippen LogP contribution in [0.5, 0.6) is 0 Å². The van der Waals surface area contributed by atoms with E-state index in [4.69, 9.17) is 0 Å². The lowest BCUT2D eigenvalue weighted by atomic mass is 10.3. The molecule has 1 rings (SSSR count). The number of rotatable bonds is 4. The fourth-order valence-electron chi connectivity index (χ4n) is 0.908. The van der Waals surface area contributed by atoms with Crippen molar-refractivity contribution >= 4 is 5.69 Å². The molecule has 0 atom stereocenters. The Balaban J connectivity index is 2.59. The van der Waals surface area contributed by atoms with Crippen molar-refractivity contribution in [2.75, 3.05) is 11.9 Å². The molecule has 0 spiro atoms. The Morgan fingerprint density at radius 1 is 1.46 bits per heavy atom. The third-order valence-corrected chi connectivity index (χ3v) is 1.59.